The standard InChI is InChI=1S/C21H16F10N2O2/c22-16-12(2-1-3-14(16)32-9-10-4-5-10)17(34)33-13-7-6-11(8-15(13)35-18(23)24)19(25,20(26,27)28)21(29,30)31/h1-3,6-8,10,18,32H,4-5,9H2,(H,33,34). The number of benzene rings is 2. The molecule has 14 heteroatoms. The maximum absolute atomic E-state index is 14.7. The highest BCUT2D eigenvalue weighted by Crippen LogP contribution is 2.54. The van der Waals surface area contributed by atoms with Gasteiger partial charge in [-0.15, -0.1) is 0 Å². The fraction of sp³-hybridized carbons (Fsp3) is 0.381. The van der Waals surface area contributed by atoms with Crippen molar-refractivity contribution in [2.24, 2.45) is 5.92 Å². The van der Waals surface area contributed by atoms with Crippen molar-refractivity contribution in [2.45, 2.75) is 37.5 Å². The Balaban J connectivity index is 1.95. The molecule has 0 unspecified atom stereocenters. The van der Waals surface area contributed by atoms with Gasteiger partial charge in [-0.25, -0.2) is 8.78 Å². The fourth-order valence-electron chi connectivity index (χ4n) is 3.13. The Hall–Kier alpha value is -3.19. The van der Waals surface area contributed by atoms with Crippen molar-refractivity contribution in [3.8, 4) is 5.75 Å². The molecule has 0 aliphatic heterocycles. The van der Waals surface area contributed by atoms with Gasteiger partial charge in [-0.1, -0.05) is 12.1 Å². The molecule has 0 saturated heterocycles. The zero-order chi connectivity index (χ0) is 26.2. The maximum Gasteiger partial charge on any atom is 0.435 e. The Kier molecular flexibility index (Phi) is 7.14. The monoisotopic (exact) mass is 518 g/mol. The summed E-state index contributed by atoms with van der Waals surface area (Å²) >= 11 is 0. The van der Waals surface area contributed by atoms with E-state index in [1.807, 2.05) is 5.32 Å². The van der Waals surface area contributed by atoms with Crippen molar-refractivity contribution in [2.75, 3.05) is 17.2 Å². The average molecular weight is 518 g/mol. The number of amides is 1. The van der Waals surface area contributed by atoms with Crippen LogP contribution in [0, 0.1) is 11.7 Å². The van der Waals surface area contributed by atoms with E-state index in [0.29, 0.717) is 18.5 Å². The largest absolute Gasteiger partial charge is 0.435 e. The van der Waals surface area contributed by atoms with Gasteiger partial charge in [0.25, 0.3) is 5.91 Å². The molecule has 1 amide bonds. The van der Waals surface area contributed by atoms with Gasteiger partial charge in [0.05, 0.1) is 16.9 Å². The van der Waals surface area contributed by atoms with Crippen LogP contribution in [0.3, 0.4) is 0 Å². The SMILES string of the molecule is O=C(Nc1ccc(C(F)(C(F)(F)F)C(F)(F)F)cc1OC(F)F)c1cccc(NCC2CC2)c1F. The lowest BCUT2D eigenvalue weighted by Gasteiger charge is -2.30. The van der Waals surface area contributed by atoms with Crippen LogP contribution in [-0.4, -0.2) is 31.4 Å². The van der Waals surface area contributed by atoms with Crippen LogP contribution in [-0.2, 0) is 5.67 Å². The van der Waals surface area contributed by atoms with Crippen LogP contribution in [0.5, 0.6) is 5.75 Å². The summed E-state index contributed by atoms with van der Waals surface area (Å²) in [4.78, 5) is 12.5. The Morgan fingerprint density at radius 3 is 2.14 bits per heavy atom. The van der Waals surface area contributed by atoms with E-state index in [1.54, 1.807) is 0 Å². The third-order valence-corrected chi connectivity index (χ3v) is 5.15. The number of rotatable bonds is 8. The van der Waals surface area contributed by atoms with Gasteiger partial charge in [-0.05, 0) is 43.0 Å². The molecule has 3 rings (SSSR count). The number of ether oxygens (including phenoxy) is 1. The lowest BCUT2D eigenvalue weighted by Crippen LogP contribution is -2.50. The molecule has 1 saturated carbocycles. The van der Waals surface area contributed by atoms with E-state index in [1.165, 1.54) is 12.1 Å². The number of hydrogen-bond acceptors (Lipinski definition) is 3. The molecule has 2 aromatic rings. The van der Waals surface area contributed by atoms with Crippen molar-refractivity contribution in [1.82, 2.24) is 0 Å². The molecule has 0 atom stereocenters. The van der Waals surface area contributed by atoms with Gasteiger partial charge in [-0.3, -0.25) is 4.79 Å². The topological polar surface area (TPSA) is 50.4 Å². The van der Waals surface area contributed by atoms with Crippen LogP contribution >= 0.6 is 0 Å². The molecule has 192 valence electrons. The van der Waals surface area contributed by atoms with Crippen molar-refractivity contribution in [1.29, 1.82) is 0 Å². The highest BCUT2D eigenvalue weighted by atomic mass is 19.4. The Labute approximate surface area is 191 Å². The van der Waals surface area contributed by atoms with E-state index in [9.17, 15) is 48.7 Å². The van der Waals surface area contributed by atoms with E-state index in [0.717, 1.165) is 18.9 Å². The van der Waals surface area contributed by atoms with Gasteiger partial charge in [0.1, 0.15) is 5.75 Å². The number of anilines is 2. The van der Waals surface area contributed by atoms with Crippen molar-refractivity contribution >= 4 is 17.3 Å². The van der Waals surface area contributed by atoms with Crippen LogP contribution in [0.1, 0.15) is 28.8 Å². The first-order chi connectivity index (χ1) is 16.1. The minimum Gasteiger partial charge on any atom is -0.433 e. The summed E-state index contributed by atoms with van der Waals surface area (Å²) in [5, 5.41) is 4.67. The summed E-state index contributed by atoms with van der Waals surface area (Å²) in [7, 11) is 0. The van der Waals surface area contributed by atoms with Crippen molar-refractivity contribution in [3.63, 3.8) is 0 Å². The molecule has 35 heavy (non-hydrogen) atoms. The molecule has 0 heterocycles. The van der Waals surface area contributed by atoms with Gasteiger partial charge in [0.2, 0.25) is 0 Å². The molecule has 4 nitrogen and oxygen atoms in total. The molecule has 1 fully saturated rings. The molecule has 0 bridgehead atoms. The Morgan fingerprint density at radius 1 is 0.971 bits per heavy atom. The smallest absolute Gasteiger partial charge is 0.433 e. The van der Waals surface area contributed by atoms with Gasteiger partial charge in [0.15, 0.2) is 5.82 Å². The van der Waals surface area contributed by atoms with Crippen LogP contribution < -0.4 is 15.4 Å². The quantitative estimate of drug-likeness (QED) is 0.379. The first-order valence-electron chi connectivity index (χ1n) is 9.90. The highest BCUT2D eigenvalue weighted by Gasteiger charge is 2.73. The molecule has 2 aromatic carbocycles. The molecular weight excluding hydrogens is 502 g/mol. The van der Waals surface area contributed by atoms with Crippen LogP contribution in [0.15, 0.2) is 36.4 Å². The summed E-state index contributed by atoms with van der Waals surface area (Å²) < 4.78 is 137. The predicted octanol–water partition coefficient (Wildman–Crippen LogP) is 6.79. The number of nitrogens with one attached hydrogen (secondary N) is 2. The Morgan fingerprint density at radius 2 is 1.60 bits per heavy atom. The third kappa shape index (κ3) is 5.56. The third-order valence-electron chi connectivity index (χ3n) is 5.15. The number of carbonyl (C=O) groups is 1. The molecule has 1 aliphatic carbocycles. The molecular formula is C21H16F10N2O2. The minimum atomic E-state index is -6.50. The lowest BCUT2D eigenvalue weighted by molar-refractivity contribution is -0.348. The number of alkyl halides is 9. The van der Waals surface area contributed by atoms with Crippen LogP contribution in [0.25, 0.3) is 0 Å². The molecule has 2 N–H and O–H groups in total. The molecule has 0 radical (unpaired) electrons. The maximum atomic E-state index is 14.7. The van der Waals surface area contributed by atoms with E-state index >= 15 is 0 Å². The normalized spacial score (nSPS) is 14.7. The Bertz CT molecular complexity index is 1070. The van der Waals surface area contributed by atoms with E-state index < -0.39 is 58.9 Å². The highest BCUT2D eigenvalue weighted by molar-refractivity contribution is 6.05. The van der Waals surface area contributed by atoms with Gasteiger partial charge >= 0.3 is 24.6 Å². The van der Waals surface area contributed by atoms with E-state index in [4.69, 9.17) is 0 Å². The molecule has 1 aliphatic rings. The second-order valence-corrected chi connectivity index (χ2v) is 7.69. The number of hydrogen-bond donors (Lipinski definition) is 2. The molecule has 0 aromatic heterocycles. The van der Waals surface area contributed by atoms with Crippen LogP contribution in [0.2, 0.25) is 0 Å². The zero-order valence-electron chi connectivity index (χ0n) is 17.3. The first-order valence-corrected chi connectivity index (χ1v) is 9.90. The van der Waals surface area contributed by atoms with E-state index in [2.05, 4.69) is 10.1 Å². The summed E-state index contributed by atoms with van der Waals surface area (Å²) in [5.41, 5.74) is -9.54. The second kappa shape index (κ2) is 9.46. The first kappa shape index (κ1) is 26.4. The van der Waals surface area contributed by atoms with Crippen molar-refractivity contribution < 1.29 is 53.4 Å². The average Bonchev–Trinajstić information content (AvgIpc) is 3.56. The van der Waals surface area contributed by atoms with E-state index in [-0.39, 0.29) is 17.8 Å². The number of halogens is 10. The minimum absolute atomic E-state index is 0.00110. The summed E-state index contributed by atoms with van der Waals surface area (Å²) in [6.45, 7) is -3.34. The van der Waals surface area contributed by atoms with Gasteiger partial charge in [0, 0.05) is 12.1 Å². The summed E-state index contributed by atoms with van der Waals surface area (Å²) in [6.07, 6.45) is -11.1. The fourth-order valence-corrected chi connectivity index (χ4v) is 3.13. The van der Waals surface area contributed by atoms with Crippen molar-refractivity contribution in [3.05, 3.63) is 53.3 Å². The van der Waals surface area contributed by atoms with Crippen LogP contribution in [0.4, 0.5) is 55.3 Å². The number of carbonyl (C=O) groups excluding carboxylic acids is 1. The summed E-state index contributed by atoms with van der Waals surface area (Å²) in [5.74, 6) is -3.36. The molecule has 0 spiro atoms. The summed E-state index contributed by atoms with van der Waals surface area (Å²) in [6, 6.07) is 3.67. The lowest BCUT2D eigenvalue weighted by atomic mass is 9.93. The van der Waals surface area contributed by atoms with Gasteiger partial charge < -0.3 is 15.4 Å². The van der Waals surface area contributed by atoms with Gasteiger partial charge in [-0.2, -0.15) is 35.1 Å². The second-order valence-electron chi connectivity index (χ2n) is 7.69. The predicted molar refractivity (Wildman–Crippen MR) is 104 cm³/mol. The zero-order valence-corrected chi connectivity index (χ0v) is 17.3.